The Morgan fingerprint density at radius 2 is 2.08 bits per heavy atom. The van der Waals surface area contributed by atoms with E-state index in [0.29, 0.717) is 24.9 Å². The minimum Gasteiger partial charge on any atom is -0.379 e. The molecule has 2 aliphatic heterocycles. The zero-order valence-electron chi connectivity index (χ0n) is 15.1. The summed E-state index contributed by atoms with van der Waals surface area (Å²) in [6, 6.07) is 5.23. The lowest BCUT2D eigenvalue weighted by atomic mass is 10.0. The van der Waals surface area contributed by atoms with Gasteiger partial charge in [-0.15, -0.1) is 0 Å². The molecule has 0 aliphatic carbocycles. The molecule has 6 heteroatoms. The predicted molar refractivity (Wildman–Crippen MR) is 95.2 cm³/mol. The monoisotopic (exact) mass is 349 g/mol. The van der Waals surface area contributed by atoms with Crippen LogP contribution in [0.4, 0.5) is 9.18 Å². The van der Waals surface area contributed by atoms with E-state index in [1.54, 1.807) is 6.07 Å². The molecule has 2 fully saturated rings. The van der Waals surface area contributed by atoms with Crippen LogP contribution < -0.4 is 5.32 Å². The minimum absolute atomic E-state index is 0.00220. The molecule has 2 amide bonds. The number of benzene rings is 1. The van der Waals surface area contributed by atoms with E-state index in [9.17, 15) is 9.18 Å². The lowest BCUT2D eigenvalue weighted by molar-refractivity contribution is 0.0123. The van der Waals surface area contributed by atoms with Gasteiger partial charge in [0.2, 0.25) is 0 Å². The predicted octanol–water partition coefficient (Wildman–Crippen LogP) is 2.04. The van der Waals surface area contributed by atoms with Gasteiger partial charge in [-0.2, -0.15) is 0 Å². The summed E-state index contributed by atoms with van der Waals surface area (Å²) in [5, 5.41) is 3.01. The van der Waals surface area contributed by atoms with Crippen molar-refractivity contribution in [2.45, 2.75) is 26.3 Å². The molecule has 0 saturated carbocycles. The van der Waals surface area contributed by atoms with Crippen LogP contribution in [0.15, 0.2) is 18.2 Å². The third-order valence-corrected chi connectivity index (χ3v) is 5.35. The maximum atomic E-state index is 13.1. The second-order valence-corrected chi connectivity index (χ2v) is 7.15. The van der Waals surface area contributed by atoms with Crippen molar-refractivity contribution in [3.05, 3.63) is 35.1 Å². The van der Waals surface area contributed by atoms with Gasteiger partial charge in [-0.1, -0.05) is 13.0 Å². The third-order valence-electron chi connectivity index (χ3n) is 5.35. The van der Waals surface area contributed by atoms with Crippen molar-refractivity contribution < 1.29 is 13.9 Å². The first-order chi connectivity index (χ1) is 12.0. The smallest absolute Gasteiger partial charge is 0.317 e. The van der Waals surface area contributed by atoms with Crippen molar-refractivity contribution in [2.75, 3.05) is 45.9 Å². The van der Waals surface area contributed by atoms with E-state index < -0.39 is 0 Å². The zero-order valence-corrected chi connectivity index (χ0v) is 15.1. The average molecular weight is 349 g/mol. The Balaban J connectivity index is 1.47. The van der Waals surface area contributed by atoms with E-state index in [0.717, 1.165) is 50.5 Å². The highest BCUT2D eigenvalue weighted by Gasteiger charge is 2.36. The molecule has 0 bridgehead atoms. The summed E-state index contributed by atoms with van der Waals surface area (Å²) in [4.78, 5) is 16.8. The van der Waals surface area contributed by atoms with E-state index in [2.05, 4.69) is 17.1 Å². The molecular weight excluding hydrogens is 321 g/mol. The number of halogens is 1. The van der Waals surface area contributed by atoms with Crippen molar-refractivity contribution in [3.8, 4) is 0 Å². The first-order valence-corrected chi connectivity index (χ1v) is 9.14. The van der Waals surface area contributed by atoms with Crippen LogP contribution in [-0.2, 0) is 11.2 Å². The van der Waals surface area contributed by atoms with Crippen molar-refractivity contribution in [1.82, 2.24) is 15.1 Å². The number of morpholine rings is 1. The first-order valence-electron chi connectivity index (χ1n) is 9.14. The van der Waals surface area contributed by atoms with Crippen molar-refractivity contribution >= 4 is 6.03 Å². The van der Waals surface area contributed by atoms with Gasteiger partial charge in [0.05, 0.1) is 13.2 Å². The molecule has 0 radical (unpaired) electrons. The summed E-state index contributed by atoms with van der Waals surface area (Å²) in [6.45, 7) is 9.73. The van der Waals surface area contributed by atoms with E-state index in [1.165, 1.54) is 12.1 Å². The molecule has 3 rings (SSSR count). The molecule has 2 atom stereocenters. The Morgan fingerprint density at radius 3 is 2.80 bits per heavy atom. The highest BCUT2D eigenvalue weighted by atomic mass is 19.1. The number of nitrogens with one attached hydrogen (secondary N) is 1. The van der Waals surface area contributed by atoms with Crippen molar-refractivity contribution in [3.63, 3.8) is 0 Å². The van der Waals surface area contributed by atoms with Crippen LogP contribution in [0.2, 0.25) is 0 Å². The Bertz CT molecular complexity index is 604. The molecule has 2 aliphatic rings. The molecule has 2 unspecified atom stereocenters. The maximum absolute atomic E-state index is 13.1. The van der Waals surface area contributed by atoms with Crippen LogP contribution in [0.5, 0.6) is 0 Å². The summed E-state index contributed by atoms with van der Waals surface area (Å²) in [5.74, 6) is 0.258. The fourth-order valence-corrected chi connectivity index (χ4v) is 3.86. The van der Waals surface area contributed by atoms with Crippen molar-refractivity contribution in [1.29, 1.82) is 0 Å². The molecule has 25 heavy (non-hydrogen) atoms. The number of hydrogen-bond donors (Lipinski definition) is 1. The van der Waals surface area contributed by atoms with Crippen molar-refractivity contribution in [2.24, 2.45) is 5.92 Å². The molecule has 1 aromatic carbocycles. The molecule has 138 valence electrons. The van der Waals surface area contributed by atoms with Gasteiger partial charge in [-0.3, -0.25) is 4.90 Å². The number of nitrogens with zero attached hydrogens (tertiary/aromatic N) is 2. The number of likely N-dealkylation sites (tertiary alicyclic amines) is 1. The van der Waals surface area contributed by atoms with Gasteiger partial charge in [0.15, 0.2) is 0 Å². The molecule has 5 nitrogen and oxygen atoms in total. The number of aryl methyl sites for hydroxylation is 1. The summed E-state index contributed by atoms with van der Waals surface area (Å²) in [6.07, 6.45) is 0.716. The van der Waals surface area contributed by atoms with Crippen LogP contribution in [0.3, 0.4) is 0 Å². The van der Waals surface area contributed by atoms with E-state index in [-0.39, 0.29) is 11.8 Å². The van der Waals surface area contributed by atoms with Gasteiger partial charge in [0.1, 0.15) is 5.82 Å². The van der Waals surface area contributed by atoms with Crippen LogP contribution in [0, 0.1) is 18.7 Å². The van der Waals surface area contributed by atoms with E-state index >= 15 is 0 Å². The van der Waals surface area contributed by atoms with E-state index in [4.69, 9.17) is 4.74 Å². The second kappa shape index (κ2) is 8.15. The largest absolute Gasteiger partial charge is 0.379 e. The number of ether oxygens (including phenoxy) is 1. The molecule has 1 aromatic rings. The van der Waals surface area contributed by atoms with Gasteiger partial charge < -0.3 is 15.0 Å². The normalized spacial score (nSPS) is 24.5. The molecule has 2 saturated heterocycles. The molecule has 0 aromatic heterocycles. The summed E-state index contributed by atoms with van der Waals surface area (Å²) in [7, 11) is 0. The SMILES string of the molecule is Cc1cc(F)ccc1CCNC(=O)N1CC(C)C(N2CCOCC2)C1. The lowest BCUT2D eigenvalue weighted by Gasteiger charge is -2.33. The summed E-state index contributed by atoms with van der Waals surface area (Å²) >= 11 is 0. The Kier molecular flexibility index (Phi) is 5.91. The van der Waals surface area contributed by atoms with Gasteiger partial charge in [-0.05, 0) is 42.5 Å². The van der Waals surface area contributed by atoms with Gasteiger partial charge >= 0.3 is 6.03 Å². The maximum Gasteiger partial charge on any atom is 0.317 e. The van der Waals surface area contributed by atoms with Crippen LogP contribution in [0.1, 0.15) is 18.1 Å². The van der Waals surface area contributed by atoms with E-state index in [1.807, 2.05) is 11.8 Å². The number of rotatable bonds is 4. The fourth-order valence-electron chi connectivity index (χ4n) is 3.86. The first kappa shape index (κ1) is 18.1. The Labute approximate surface area is 149 Å². The van der Waals surface area contributed by atoms with Gasteiger partial charge in [-0.25, -0.2) is 9.18 Å². The Morgan fingerprint density at radius 1 is 1.32 bits per heavy atom. The van der Waals surface area contributed by atoms with Crippen LogP contribution in [0.25, 0.3) is 0 Å². The van der Waals surface area contributed by atoms with Crippen LogP contribution in [-0.4, -0.2) is 67.8 Å². The molecular formula is C19H28FN3O2. The number of carbonyl (C=O) groups is 1. The quantitative estimate of drug-likeness (QED) is 0.905. The molecule has 0 spiro atoms. The number of carbonyl (C=O) groups excluding carboxylic acids is 1. The molecule has 1 N–H and O–H groups in total. The number of amides is 2. The van der Waals surface area contributed by atoms with Crippen LogP contribution >= 0.6 is 0 Å². The summed E-state index contributed by atoms with van der Waals surface area (Å²) < 4.78 is 18.6. The average Bonchev–Trinajstić information content (AvgIpc) is 2.99. The molecule has 2 heterocycles. The highest BCUT2D eigenvalue weighted by molar-refractivity contribution is 5.74. The Hall–Kier alpha value is -1.66. The lowest BCUT2D eigenvalue weighted by Crippen LogP contribution is -2.47. The highest BCUT2D eigenvalue weighted by Crippen LogP contribution is 2.22. The number of urea groups is 1. The summed E-state index contributed by atoms with van der Waals surface area (Å²) in [5.41, 5.74) is 2.00. The second-order valence-electron chi connectivity index (χ2n) is 7.15. The minimum atomic E-state index is -0.217. The zero-order chi connectivity index (χ0) is 17.8. The standard InChI is InChI=1S/C19H28FN3O2/c1-14-11-17(20)4-3-16(14)5-6-21-19(24)23-12-15(2)18(13-23)22-7-9-25-10-8-22/h3-4,11,15,18H,5-10,12-13H2,1-2H3,(H,21,24). The van der Waals surface area contributed by atoms with Gasteiger partial charge in [0, 0.05) is 38.8 Å². The topological polar surface area (TPSA) is 44.8 Å². The number of hydrogen-bond acceptors (Lipinski definition) is 3. The third kappa shape index (κ3) is 4.50. The van der Waals surface area contributed by atoms with Gasteiger partial charge in [0.25, 0.3) is 0 Å². The fraction of sp³-hybridized carbons (Fsp3) is 0.632.